The smallest absolute Gasteiger partial charge is 0.255 e. The summed E-state index contributed by atoms with van der Waals surface area (Å²) < 4.78 is 7.48. The Hall–Kier alpha value is -3.19. The summed E-state index contributed by atoms with van der Waals surface area (Å²) >= 11 is 0. The fourth-order valence-electron chi connectivity index (χ4n) is 3.49. The largest absolute Gasteiger partial charge is 0.368 e. The van der Waals surface area contributed by atoms with Crippen LogP contribution in [0.2, 0.25) is 0 Å². The van der Waals surface area contributed by atoms with E-state index in [0.29, 0.717) is 23.5 Å². The molecule has 1 atom stereocenters. The van der Waals surface area contributed by atoms with E-state index in [2.05, 4.69) is 22.5 Å². The van der Waals surface area contributed by atoms with Gasteiger partial charge in [-0.25, -0.2) is 4.98 Å². The second kappa shape index (κ2) is 8.05. The molecule has 2 aromatic carbocycles. The van der Waals surface area contributed by atoms with Crippen LogP contribution in [0, 0.1) is 6.92 Å². The van der Waals surface area contributed by atoms with E-state index < -0.39 is 6.10 Å². The second-order valence-corrected chi connectivity index (χ2v) is 7.21. The molecule has 0 bridgehead atoms. The molecule has 1 saturated heterocycles. The summed E-state index contributed by atoms with van der Waals surface area (Å²) in [6, 6.07) is 10.9. The lowest BCUT2D eigenvalue weighted by Crippen LogP contribution is -2.27. The van der Waals surface area contributed by atoms with E-state index in [-0.39, 0.29) is 11.8 Å². The molecular weight excluding hydrogens is 368 g/mol. The van der Waals surface area contributed by atoms with Gasteiger partial charge in [-0.3, -0.25) is 9.59 Å². The van der Waals surface area contributed by atoms with E-state index >= 15 is 0 Å². The average molecular weight is 392 g/mol. The highest BCUT2D eigenvalue weighted by Gasteiger charge is 2.24. The number of carbonyl (C=O) groups is 2. The third kappa shape index (κ3) is 4.00. The van der Waals surface area contributed by atoms with Crippen LogP contribution in [0.25, 0.3) is 11.0 Å². The van der Waals surface area contributed by atoms with E-state index in [0.717, 1.165) is 36.0 Å². The Morgan fingerprint density at radius 2 is 2.07 bits per heavy atom. The van der Waals surface area contributed by atoms with Crippen LogP contribution in [0.3, 0.4) is 0 Å². The van der Waals surface area contributed by atoms with Crippen LogP contribution in [-0.4, -0.2) is 34.1 Å². The maximum absolute atomic E-state index is 12.7. The molecule has 2 amide bonds. The van der Waals surface area contributed by atoms with Crippen LogP contribution in [0.1, 0.15) is 35.7 Å². The number of imidazole rings is 1. The summed E-state index contributed by atoms with van der Waals surface area (Å²) in [7, 11) is 0. The molecule has 0 saturated carbocycles. The van der Waals surface area contributed by atoms with Gasteiger partial charge in [-0.2, -0.15) is 0 Å². The normalized spacial score (nSPS) is 16.1. The van der Waals surface area contributed by atoms with Crippen molar-refractivity contribution in [3.05, 3.63) is 53.9 Å². The number of hydrogen-bond acceptors (Lipinski definition) is 4. The zero-order chi connectivity index (χ0) is 20.4. The molecule has 0 aliphatic carbocycles. The minimum atomic E-state index is -0.415. The number of aromatic nitrogens is 2. The van der Waals surface area contributed by atoms with Gasteiger partial charge < -0.3 is 19.9 Å². The van der Waals surface area contributed by atoms with Crippen molar-refractivity contribution in [2.75, 3.05) is 17.2 Å². The monoisotopic (exact) mass is 392 g/mol. The first-order valence-corrected chi connectivity index (χ1v) is 9.84. The number of nitrogens with zero attached hydrogens (tertiary/aromatic N) is 2. The van der Waals surface area contributed by atoms with Crippen LogP contribution in [0.15, 0.2) is 42.7 Å². The first-order valence-electron chi connectivity index (χ1n) is 9.84. The van der Waals surface area contributed by atoms with Crippen molar-refractivity contribution in [2.24, 2.45) is 0 Å². The number of rotatable bonds is 5. The van der Waals surface area contributed by atoms with Gasteiger partial charge in [0.2, 0.25) is 0 Å². The first-order chi connectivity index (χ1) is 14.0. The van der Waals surface area contributed by atoms with E-state index in [1.54, 1.807) is 18.5 Å². The Balaban J connectivity index is 1.50. The number of anilines is 2. The lowest BCUT2D eigenvalue weighted by Gasteiger charge is -2.14. The molecule has 2 heterocycles. The highest BCUT2D eigenvalue weighted by Crippen LogP contribution is 2.22. The molecule has 1 aliphatic rings. The summed E-state index contributed by atoms with van der Waals surface area (Å²) in [5.41, 5.74) is 4.51. The van der Waals surface area contributed by atoms with Gasteiger partial charge in [0, 0.05) is 30.1 Å². The fourth-order valence-corrected chi connectivity index (χ4v) is 3.49. The summed E-state index contributed by atoms with van der Waals surface area (Å²) in [5, 5.41) is 5.80. The van der Waals surface area contributed by atoms with Crippen molar-refractivity contribution in [1.29, 1.82) is 0 Å². The lowest BCUT2D eigenvalue weighted by molar-refractivity contribution is -0.124. The zero-order valence-electron chi connectivity index (χ0n) is 16.6. The van der Waals surface area contributed by atoms with Gasteiger partial charge in [0.05, 0.1) is 17.4 Å². The maximum Gasteiger partial charge on any atom is 0.255 e. The molecule has 1 unspecified atom stereocenters. The zero-order valence-corrected chi connectivity index (χ0v) is 16.6. The molecule has 1 aromatic heterocycles. The van der Waals surface area contributed by atoms with E-state index in [9.17, 15) is 9.59 Å². The Labute approximate surface area is 169 Å². The number of carbonyl (C=O) groups excluding carboxylic acids is 2. The highest BCUT2D eigenvalue weighted by molar-refractivity contribution is 6.06. The van der Waals surface area contributed by atoms with Crippen molar-refractivity contribution in [2.45, 2.75) is 39.3 Å². The van der Waals surface area contributed by atoms with E-state index in [4.69, 9.17) is 4.74 Å². The van der Waals surface area contributed by atoms with Gasteiger partial charge in [0.15, 0.2) is 0 Å². The van der Waals surface area contributed by atoms with Crippen LogP contribution in [0.4, 0.5) is 11.4 Å². The van der Waals surface area contributed by atoms with E-state index in [1.807, 2.05) is 35.8 Å². The molecule has 2 N–H and O–H groups in total. The number of ether oxygens (including phenoxy) is 1. The molecular formula is C22H24N4O3. The van der Waals surface area contributed by atoms with Gasteiger partial charge in [0.1, 0.15) is 6.10 Å². The Kier molecular flexibility index (Phi) is 5.31. The quantitative estimate of drug-likeness (QED) is 0.693. The van der Waals surface area contributed by atoms with Crippen molar-refractivity contribution in [3.63, 3.8) is 0 Å². The van der Waals surface area contributed by atoms with Gasteiger partial charge in [0.25, 0.3) is 11.8 Å². The second-order valence-electron chi connectivity index (χ2n) is 7.21. The van der Waals surface area contributed by atoms with Crippen LogP contribution < -0.4 is 10.6 Å². The third-order valence-electron chi connectivity index (χ3n) is 5.20. The molecule has 3 aromatic rings. The van der Waals surface area contributed by atoms with Crippen molar-refractivity contribution in [1.82, 2.24) is 9.55 Å². The molecule has 29 heavy (non-hydrogen) atoms. The molecule has 1 fully saturated rings. The van der Waals surface area contributed by atoms with Crippen LogP contribution in [-0.2, 0) is 16.1 Å². The SMILES string of the molecule is CCn1cnc2cc(NC(=O)c3ccc(C)c(NC(=O)C4CCCO4)c3)ccc21. The highest BCUT2D eigenvalue weighted by atomic mass is 16.5. The third-order valence-corrected chi connectivity index (χ3v) is 5.20. The standard InChI is InChI=1S/C22H24N4O3/c1-3-26-13-23-18-12-16(8-9-19(18)26)24-21(27)15-7-6-14(2)17(11-15)25-22(28)20-5-4-10-29-20/h6-9,11-13,20H,3-5,10H2,1-2H3,(H,24,27)(H,25,28). The number of benzene rings is 2. The van der Waals surface area contributed by atoms with Gasteiger partial charge >= 0.3 is 0 Å². The Morgan fingerprint density at radius 1 is 1.21 bits per heavy atom. The van der Waals surface area contributed by atoms with Crippen LogP contribution >= 0.6 is 0 Å². The number of fused-ring (bicyclic) bond motifs is 1. The minimum absolute atomic E-state index is 0.167. The van der Waals surface area contributed by atoms with Crippen molar-refractivity contribution < 1.29 is 14.3 Å². The van der Waals surface area contributed by atoms with Gasteiger partial charge in [-0.15, -0.1) is 0 Å². The number of aryl methyl sites for hydroxylation is 2. The molecule has 7 heteroatoms. The molecule has 0 radical (unpaired) electrons. The summed E-state index contributed by atoms with van der Waals surface area (Å²) in [6.45, 7) is 5.40. The van der Waals surface area contributed by atoms with Crippen LogP contribution in [0.5, 0.6) is 0 Å². The average Bonchev–Trinajstić information content (AvgIpc) is 3.39. The predicted molar refractivity (Wildman–Crippen MR) is 112 cm³/mol. The van der Waals surface area contributed by atoms with E-state index in [1.165, 1.54) is 0 Å². The number of nitrogens with one attached hydrogen (secondary N) is 2. The summed E-state index contributed by atoms with van der Waals surface area (Å²) in [6.07, 6.45) is 2.99. The molecule has 150 valence electrons. The first kappa shape index (κ1) is 19.1. The van der Waals surface area contributed by atoms with Crippen molar-refractivity contribution >= 4 is 34.2 Å². The van der Waals surface area contributed by atoms with Gasteiger partial charge in [-0.1, -0.05) is 6.07 Å². The van der Waals surface area contributed by atoms with Crippen molar-refractivity contribution in [3.8, 4) is 0 Å². The minimum Gasteiger partial charge on any atom is -0.368 e. The Bertz CT molecular complexity index is 1070. The number of amides is 2. The predicted octanol–water partition coefficient (Wildman–Crippen LogP) is 3.73. The Morgan fingerprint density at radius 3 is 2.83 bits per heavy atom. The molecule has 4 rings (SSSR count). The topological polar surface area (TPSA) is 85.3 Å². The summed E-state index contributed by atoms with van der Waals surface area (Å²) in [4.78, 5) is 29.5. The van der Waals surface area contributed by atoms with Gasteiger partial charge in [-0.05, 0) is 62.6 Å². The molecule has 0 spiro atoms. The lowest BCUT2D eigenvalue weighted by atomic mass is 10.1. The maximum atomic E-state index is 12.7. The molecule has 7 nitrogen and oxygen atoms in total. The fraction of sp³-hybridized carbons (Fsp3) is 0.318. The summed E-state index contributed by atoms with van der Waals surface area (Å²) in [5.74, 6) is -0.410. The molecule has 1 aliphatic heterocycles. The number of hydrogen-bond donors (Lipinski definition) is 2.